The first-order valence-corrected chi connectivity index (χ1v) is 6.57. The molecule has 2 rings (SSSR count). The van der Waals surface area contributed by atoms with Crippen molar-refractivity contribution in [3.05, 3.63) is 62.6 Å². The summed E-state index contributed by atoms with van der Waals surface area (Å²) in [6, 6.07) is 5.75. The summed E-state index contributed by atoms with van der Waals surface area (Å²) in [6.07, 6.45) is 2.63. The molecule has 0 bridgehead atoms. The lowest BCUT2D eigenvalue weighted by molar-refractivity contribution is -0.384. The molecule has 5 nitrogen and oxygen atoms in total. The van der Waals surface area contributed by atoms with E-state index in [0.717, 1.165) is 6.20 Å². The second-order valence-corrected chi connectivity index (χ2v) is 5.14. The topological polar surface area (TPSA) is 68.1 Å². The van der Waals surface area contributed by atoms with Crippen molar-refractivity contribution in [2.45, 2.75) is 13.0 Å². The number of nitrogens with zero attached hydrogens (tertiary/aromatic N) is 2. The molecule has 1 aromatic heterocycles. The average molecular weight is 340 g/mol. The molecule has 7 heteroatoms. The molecule has 0 aliphatic carbocycles. The van der Waals surface area contributed by atoms with E-state index in [0.29, 0.717) is 15.7 Å². The van der Waals surface area contributed by atoms with Crippen LogP contribution >= 0.6 is 15.9 Å². The zero-order chi connectivity index (χ0) is 14.7. The fourth-order valence-electron chi connectivity index (χ4n) is 1.76. The van der Waals surface area contributed by atoms with Gasteiger partial charge in [0, 0.05) is 16.7 Å². The highest BCUT2D eigenvalue weighted by Crippen LogP contribution is 2.30. The van der Waals surface area contributed by atoms with Gasteiger partial charge in [0.15, 0.2) is 0 Å². The Morgan fingerprint density at radius 1 is 1.40 bits per heavy atom. The zero-order valence-electron chi connectivity index (χ0n) is 10.5. The summed E-state index contributed by atoms with van der Waals surface area (Å²) in [4.78, 5) is 14.3. The second kappa shape index (κ2) is 5.96. The number of pyridine rings is 1. The summed E-state index contributed by atoms with van der Waals surface area (Å²) in [5, 5.41) is 14.0. The third-order valence-corrected chi connectivity index (χ3v) is 3.25. The van der Waals surface area contributed by atoms with E-state index in [-0.39, 0.29) is 11.7 Å². The van der Waals surface area contributed by atoms with Crippen LogP contribution in [0.5, 0.6) is 0 Å². The number of nitro benzene ring substituents is 1. The van der Waals surface area contributed by atoms with Gasteiger partial charge in [0.05, 0.1) is 17.2 Å². The van der Waals surface area contributed by atoms with Gasteiger partial charge in [-0.15, -0.1) is 0 Å². The van der Waals surface area contributed by atoms with Gasteiger partial charge in [-0.1, -0.05) is 15.9 Å². The smallest absolute Gasteiger partial charge is 0.293 e. The molecule has 1 heterocycles. The van der Waals surface area contributed by atoms with Gasteiger partial charge in [0.25, 0.3) is 5.69 Å². The van der Waals surface area contributed by atoms with Crippen molar-refractivity contribution in [3.63, 3.8) is 0 Å². The number of anilines is 1. The van der Waals surface area contributed by atoms with E-state index >= 15 is 0 Å². The Balaban J connectivity index is 2.28. The summed E-state index contributed by atoms with van der Waals surface area (Å²) in [6.45, 7) is 1.78. The SMILES string of the molecule is CC(Nc1ccc(Br)cc1[N+](=O)[O-])c1cncc(F)c1. The lowest BCUT2D eigenvalue weighted by atomic mass is 10.1. The number of nitrogens with one attached hydrogen (secondary N) is 1. The summed E-state index contributed by atoms with van der Waals surface area (Å²) in [5.74, 6) is -0.443. The van der Waals surface area contributed by atoms with Crippen molar-refractivity contribution < 1.29 is 9.31 Å². The van der Waals surface area contributed by atoms with Crippen LogP contribution in [0.2, 0.25) is 0 Å². The molecule has 0 amide bonds. The molecule has 0 saturated heterocycles. The zero-order valence-corrected chi connectivity index (χ0v) is 12.1. The molecule has 0 saturated carbocycles. The van der Waals surface area contributed by atoms with Gasteiger partial charge in [0.1, 0.15) is 11.5 Å². The lowest BCUT2D eigenvalue weighted by Crippen LogP contribution is -2.09. The Bertz CT molecular complexity index is 651. The molecule has 0 aliphatic heterocycles. The predicted octanol–water partition coefficient (Wildman–Crippen LogP) is 4.06. The van der Waals surface area contributed by atoms with Crippen LogP contribution in [-0.4, -0.2) is 9.91 Å². The Morgan fingerprint density at radius 2 is 2.15 bits per heavy atom. The van der Waals surface area contributed by atoms with Crippen LogP contribution in [0, 0.1) is 15.9 Å². The first-order valence-electron chi connectivity index (χ1n) is 5.78. The largest absolute Gasteiger partial charge is 0.373 e. The van der Waals surface area contributed by atoms with Crippen LogP contribution in [0.3, 0.4) is 0 Å². The fraction of sp³-hybridized carbons (Fsp3) is 0.154. The van der Waals surface area contributed by atoms with Crippen molar-refractivity contribution in [1.82, 2.24) is 4.98 Å². The minimum atomic E-state index is -0.469. The standard InChI is InChI=1S/C13H11BrFN3O2/c1-8(9-4-11(15)7-16-6-9)17-12-3-2-10(14)5-13(12)18(19)20/h2-8,17H,1H3. The van der Waals surface area contributed by atoms with Crippen molar-refractivity contribution >= 4 is 27.3 Å². The van der Waals surface area contributed by atoms with Gasteiger partial charge >= 0.3 is 0 Å². The van der Waals surface area contributed by atoms with E-state index in [4.69, 9.17) is 0 Å². The Kier molecular flexibility index (Phi) is 4.29. The number of hydrogen-bond acceptors (Lipinski definition) is 4. The number of rotatable bonds is 4. The first kappa shape index (κ1) is 14.4. The highest BCUT2D eigenvalue weighted by molar-refractivity contribution is 9.10. The average Bonchev–Trinajstić information content (AvgIpc) is 2.40. The van der Waals surface area contributed by atoms with E-state index in [1.54, 1.807) is 19.1 Å². The van der Waals surface area contributed by atoms with E-state index in [9.17, 15) is 14.5 Å². The normalized spacial score (nSPS) is 11.9. The molecule has 1 aromatic carbocycles. The van der Waals surface area contributed by atoms with E-state index in [1.165, 1.54) is 18.3 Å². The third kappa shape index (κ3) is 3.30. The van der Waals surface area contributed by atoms with E-state index in [2.05, 4.69) is 26.2 Å². The molecule has 1 N–H and O–H groups in total. The molecule has 104 valence electrons. The van der Waals surface area contributed by atoms with Gasteiger partial charge < -0.3 is 5.32 Å². The third-order valence-electron chi connectivity index (χ3n) is 2.75. The maximum absolute atomic E-state index is 13.1. The minimum absolute atomic E-state index is 0.0458. The monoisotopic (exact) mass is 339 g/mol. The molecular formula is C13H11BrFN3O2. The quantitative estimate of drug-likeness (QED) is 0.673. The van der Waals surface area contributed by atoms with Crippen LogP contribution in [0.15, 0.2) is 41.1 Å². The van der Waals surface area contributed by atoms with Gasteiger partial charge in [0.2, 0.25) is 0 Å². The van der Waals surface area contributed by atoms with E-state index in [1.807, 2.05) is 0 Å². The number of aromatic nitrogens is 1. The van der Waals surface area contributed by atoms with Crippen molar-refractivity contribution in [3.8, 4) is 0 Å². The van der Waals surface area contributed by atoms with E-state index < -0.39 is 10.7 Å². The maximum Gasteiger partial charge on any atom is 0.293 e. The highest BCUT2D eigenvalue weighted by atomic mass is 79.9. The van der Waals surface area contributed by atoms with Crippen LogP contribution < -0.4 is 5.32 Å². The van der Waals surface area contributed by atoms with Gasteiger partial charge in [-0.2, -0.15) is 0 Å². The van der Waals surface area contributed by atoms with Crippen molar-refractivity contribution in [2.24, 2.45) is 0 Å². The molecule has 0 radical (unpaired) electrons. The molecule has 2 aromatic rings. The van der Waals surface area contributed by atoms with Crippen LogP contribution in [0.4, 0.5) is 15.8 Å². The fourth-order valence-corrected chi connectivity index (χ4v) is 2.11. The maximum atomic E-state index is 13.1. The van der Waals surface area contributed by atoms with Crippen molar-refractivity contribution in [2.75, 3.05) is 5.32 Å². The molecule has 0 fully saturated rings. The highest BCUT2D eigenvalue weighted by Gasteiger charge is 2.16. The molecule has 1 atom stereocenters. The summed E-state index contributed by atoms with van der Waals surface area (Å²) in [7, 11) is 0. The molecule has 0 spiro atoms. The Morgan fingerprint density at radius 3 is 2.80 bits per heavy atom. The summed E-state index contributed by atoms with van der Waals surface area (Å²) >= 11 is 3.19. The molecule has 0 aliphatic rings. The van der Waals surface area contributed by atoms with Gasteiger partial charge in [-0.25, -0.2) is 4.39 Å². The van der Waals surface area contributed by atoms with Crippen LogP contribution in [-0.2, 0) is 0 Å². The number of hydrogen-bond donors (Lipinski definition) is 1. The van der Waals surface area contributed by atoms with Gasteiger partial charge in [-0.05, 0) is 30.7 Å². The summed E-state index contributed by atoms with van der Waals surface area (Å²) in [5.41, 5.74) is 0.938. The van der Waals surface area contributed by atoms with Crippen molar-refractivity contribution in [1.29, 1.82) is 0 Å². The van der Waals surface area contributed by atoms with Crippen LogP contribution in [0.25, 0.3) is 0 Å². The Hall–Kier alpha value is -2.02. The second-order valence-electron chi connectivity index (χ2n) is 4.22. The first-order chi connectivity index (χ1) is 9.47. The van der Waals surface area contributed by atoms with Crippen LogP contribution in [0.1, 0.15) is 18.5 Å². The molecular weight excluding hydrogens is 329 g/mol. The number of benzene rings is 1. The number of nitro groups is 1. The Labute approximate surface area is 123 Å². The molecule has 1 unspecified atom stereocenters. The predicted molar refractivity (Wildman–Crippen MR) is 77.0 cm³/mol. The minimum Gasteiger partial charge on any atom is -0.373 e. The number of halogens is 2. The molecule has 20 heavy (non-hydrogen) atoms. The lowest BCUT2D eigenvalue weighted by Gasteiger charge is -2.15. The summed E-state index contributed by atoms with van der Waals surface area (Å²) < 4.78 is 13.7. The van der Waals surface area contributed by atoms with Gasteiger partial charge in [-0.3, -0.25) is 15.1 Å².